The number of carbonyl (C=O) groups excluding carboxylic acids is 1. The summed E-state index contributed by atoms with van der Waals surface area (Å²) in [5.41, 5.74) is 3.23. The molecule has 10 heteroatoms. The summed E-state index contributed by atoms with van der Waals surface area (Å²) in [5.74, 6) is -1.06. The summed E-state index contributed by atoms with van der Waals surface area (Å²) >= 11 is 0. The number of ether oxygens (including phenoxy) is 1. The minimum atomic E-state index is -2.64. The number of hydrogen-bond acceptors (Lipinski definition) is 6. The molecule has 2 aromatic rings. The van der Waals surface area contributed by atoms with E-state index in [9.17, 15) is 13.6 Å². The van der Waals surface area contributed by atoms with Gasteiger partial charge >= 0.3 is 6.03 Å². The minimum Gasteiger partial charge on any atom is -0.378 e. The molecule has 8 nitrogen and oxygen atoms in total. The van der Waals surface area contributed by atoms with Gasteiger partial charge in [0.2, 0.25) is 11.9 Å². The Morgan fingerprint density at radius 1 is 1.14 bits per heavy atom. The molecule has 1 unspecified atom stereocenters. The maximum absolute atomic E-state index is 13.8. The lowest BCUT2D eigenvalue weighted by Crippen LogP contribution is -2.37. The van der Waals surface area contributed by atoms with Gasteiger partial charge in [-0.1, -0.05) is 13.0 Å². The number of benzene rings is 1. The van der Waals surface area contributed by atoms with Crippen molar-refractivity contribution in [1.82, 2.24) is 14.9 Å². The highest BCUT2D eigenvalue weighted by Crippen LogP contribution is 2.37. The lowest BCUT2D eigenvalue weighted by Gasteiger charge is -2.28. The fourth-order valence-corrected chi connectivity index (χ4v) is 5.13. The highest BCUT2D eigenvalue weighted by Gasteiger charge is 2.39. The molecule has 3 heterocycles. The van der Waals surface area contributed by atoms with Crippen molar-refractivity contribution < 1.29 is 18.3 Å². The number of rotatable bonds is 5. The first-order valence-corrected chi connectivity index (χ1v) is 12.8. The number of carbonyl (C=O) groups is 1. The molecule has 2 saturated heterocycles. The Hall–Kier alpha value is -3.01. The van der Waals surface area contributed by atoms with Crippen LogP contribution in [0.5, 0.6) is 0 Å². The van der Waals surface area contributed by atoms with Crippen LogP contribution in [0.25, 0.3) is 11.3 Å². The molecule has 1 saturated carbocycles. The molecule has 0 spiro atoms. The highest BCUT2D eigenvalue weighted by molar-refractivity contribution is 5.90. The van der Waals surface area contributed by atoms with Gasteiger partial charge in [0.1, 0.15) is 5.82 Å². The van der Waals surface area contributed by atoms with Crippen LogP contribution in [0.1, 0.15) is 38.2 Å². The number of halogens is 2. The molecule has 3 fully saturated rings. The summed E-state index contributed by atoms with van der Waals surface area (Å²) < 4.78 is 33.1. The molecule has 36 heavy (non-hydrogen) atoms. The standard InChI is InChI=1S/C26H34F2N6O2/c1-17-6-8-34(16-17)25(35)30-19-4-3-18(2)21(13-19)22-14-23(29-20-5-7-26(27,28)15-20)32-24(31-22)33-9-11-36-12-10-33/h3-4,13-14,17,20H,5-12,15-16H2,1-2H3,(H,30,35)(H,29,31,32)/t17-,20?/m1/s1. The van der Waals surface area contributed by atoms with Gasteiger partial charge in [-0.3, -0.25) is 0 Å². The number of alkyl halides is 2. The molecule has 1 aromatic carbocycles. The Labute approximate surface area is 210 Å². The van der Waals surface area contributed by atoms with E-state index in [4.69, 9.17) is 9.72 Å². The second kappa shape index (κ2) is 10.2. The van der Waals surface area contributed by atoms with Crippen LogP contribution in [0.2, 0.25) is 0 Å². The van der Waals surface area contributed by atoms with Crippen molar-refractivity contribution in [3.63, 3.8) is 0 Å². The summed E-state index contributed by atoms with van der Waals surface area (Å²) in [6.45, 7) is 8.15. The first-order valence-electron chi connectivity index (χ1n) is 12.8. The van der Waals surface area contributed by atoms with E-state index in [2.05, 4.69) is 27.4 Å². The van der Waals surface area contributed by atoms with Crippen LogP contribution in [0.15, 0.2) is 24.3 Å². The van der Waals surface area contributed by atoms with Crippen LogP contribution in [-0.4, -0.2) is 72.3 Å². The molecule has 3 aliphatic rings. The largest absolute Gasteiger partial charge is 0.378 e. The van der Waals surface area contributed by atoms with Crippen molar-refractivity contribution in [3.05, 3.63) is 29.8 Å². The van der Waals surface area contributed by atoms with Gasteiger partial charge in [0.25, 0.3) is 0 Å². The molecule has 194 valence electrons. The molecule has 0 bridgehead atoms. The van der Waals surface area contributed by atoms with Crippen molar-refractivity contribution in [2.75, 3.05) is 54.9 Å². The topological polar surface area (TPSA) is 82.6 Å². The van der Waals surface area contributed by atoms with Gasteiger partial charge in [0.15, 0.2) is 0 Å². The van der Waals surface area contributed by atoms with Crippen molar-refractivity contribution in [2.45, 2.75) is 51.5 Å². The number of nitrogens with zero attached hydrogens (tertiary/aromatic N) is 4. The lowest BCUT2D eigenvalue weighted by molar-refractivity contribution is 0.00851. The zero-order valence-corrected chi connectivity index (χ0v) is 20.9. The minimum absolute atomic E-state index is 0.102. The van der Waals surface area contributed by atoms with E-state index in [0.29, 0.717) is 61.8 Å². The van der Waals surface area contributed by atoms with E-state index in [1.807, 2.05) is 36.1 Å². The van der Waals surface area contributed by atoms with E-state index in [1.165, 1.54) is 0 Å². The van der Waals surface area contributed by atoms with Crippen molar-refractivity contribution >= 4 is 23.5 Å². The second-order valence-corrected chi connectivity index (χ2v) is 10.3. The van der Waals surface area contributed by atoms with Crippen LogP contribution in [-0.2, 0) is 4.74 Å². The van der Waals surface area contributed by atoms with Crippen molar-refractivity contribution in [2.24, 2.45) is 5.92 Å². The van der Waals surface area contributed by atoms with E-state index >= 15 is 0 Å². The number of amides is 2. The monoisotopic (exact) mass is 500 g/mol. The second-order valence-electron chi connectivity index (χ2n) is 10.3. The molecule has 0 radical (unpaired) electrons. The molecule has 2 aliphatic heterocycles. The van der Waals surface area contributed by atoms with Crippen molar-refractivity contribution in [3.8, 4) is 11.3 Å². The van der Waals surface area contributed by atoms with Crippen LogP contribution < -0.4 is 15.5 Å². The Kier molecular flexibility index (Phi) is 6.96. The molecule has 2 amide bonds. The van der Waals surface area contributed by atoms with E-state index in [1.54, 1.807) is 0 Å². The SMILES string of the molecule is Cc1ccc(NC(=O)N2CC[C@@H](C)C2)cc1-c1cc(NC2CCC(F)(F)C2)nc(N2CCOCC2)n1. The van der Waals surface area contributed by atoms with Crippen LogP contribution in [0.3, 0.4) is 0 Å². The van der Waals surface area contributed by atoms with Gasteiger partial charge in [-0.2, -0.15) is 4.98 Å². The fraction of sp³-hybridized carbons (Fsp3) is 0.577. The first kappa shape index (κ1) is 24.7. The summed E-state index contributed by atoms with van der Waals surface area (Å²) in [7, 11) is 0. The molecule has 1 aromatic heterocycles. The van der Waals surface area contributed by atoms with Gasteiger partial charge in [-0.25, -0.2) is 18.6 Å². The summed E-state index contributed by atoms with van der Waals surface area (Å²) in [6.07, 6.45) is 1.10. The maximum atomic E-state index is 13.8. The average molecular weight is 501 g/mol. The Morgan fingerprint density at radius 2 is 1.94 bits per heavy atom. The van der Waals surface area contributed by atoms with E-state index in [0.717, 1.165) is 30.6 Å². The normalized spacial score (nSPS) is 23.7. The summed E-state index contributed by atoms with van der Waals surface area (Å²) in [5, 5.41) is 6.25. The quantitative estimate of drug-likeness (QED) is 0.616. The first-order chi connectivity index (χ1) is 17.3. The number of anilines is 3. The number of aryl methyl sites for hydroxylation is 1. The van der Waals surface area contributed by atoms with E-state index < -0.39 is 5.92 Å². The van der Waals surface area contributed by atoms with Crippen LogP contribution in [0.4, 0.5) is 31.0 Å². The predicted octanol–water partition coefficient (Wildman–Crippen LogP) is 4.76. The summed E-state index contributed by atoms with van der Waals surface area (Å²) in [4.78, 5) is 26.2. The van der Waals surface area contributed by atoms with Gasteiger partial charge in [0.05, 0.1) is 18.9 Å². The Bertz CT molecular complexity index is 1110. The van der Waals surface area contributed by atoms with Gasteiger partial charge in [-0.05, 0) is 43.4 Å². The zero-order chi connectivity index (χ0) is 25.3. The van der Waals surface area contributed by atoms with Gasteiger partial charge in [0, 0.05) is 62.4 Å². The van der Waals surface area contributed by atoms with E-state index in [-0.39, 0.29) is 24.9 Å². The third kappa shape index (κ3) is 5.69. The average Bonchev–Trinajstić information content (AvgIpc) is 3.45. The highest BCUT2D eigenvalue weighted by atomic mass is 19.3. The number of nitrogens with one attached hydrogen (secondary N) is 2. The van der Waals surface area contributed by atoms with Gasteiger partial charge in [-0.15, -0.1) is 0 Å². The number of hydrogen-bond donors (Lipinski definition) is 2. The lowest BCUT2D eigenvalue weighted by atomic mass is 10.0. The number of likely N-dealkylation sites (tertiary alicyclic amines) is 1. The van der Waals surface area contributed by atoms with Crippen molar-refractivity contribution in [1.29, 1.82) is 0 Å². The Balaban J connectivity index is 1.43. The van der Waals surface area contributed by atoms with Gasteiger partial charge < -0.3 is 25.2 Å². The number of aromatic nitrogens is 2. The molecule has 1 aliphatic carbocycles. The third-order valence-electron chi connectivity index (χ3n) is 7.24. The molecule has 2 atom stereocenters. The number of morpholine rings is 1. The molecule has 5 rings (SSSR count). The molecular weight excluding hydrogens is 466 g/mol. The molecule has 2 N–H and O–H groups in total. The third-order valence-corrected chi connectivity index (χ3v) is 7.24. The Morgan fingerprint density at radius 3 is 2.64 bits per heavy atom. The molecular formula is C26H34F2N6O2. The fourth-order valence-electron chi connectivity index (χ4n) is 5.13. The zero-order valence-electron chi connectivity index (χ0n) is 20.9. The van der Waals surface area contributed by atoms with Crippen LogP contribution >= 0.6 is 0 Å². The smallest absolute Gasteiger partial charge is 0.321 e. The number of urea groups is 1. The van der Waals surface area contributed by atoms with Crippen LogP contribution in [0, 0.1) is 12.8 Å². The predicted molar refractivity (Wildman–Crippen MR) is 136 cm³/mol. The summed E-state index contributed by atoms with van der Waals surface area (Å²) in [6, 6.07) is 7.14. The maximum Gasteiger partial charge on any atom is 0.321 e.